The maximum Gasteiger partial charge on any atom is 0.232 e. The number of benzene rings is 2. The lowest BCUT2D eigenvalue weighted by atomic mass is 9.69. The minimum Gasteiger partial charge on any atom is -0.378 e. The van der Waals surface area contributed by atoms with Crippen LogP contribution in [0, 0.1) is 0 Å². The molecule has 0 spiro atoms. The highest BCUT2D eigenvalue weighted by molar-refractivity contribution is 7.80. The SMILES string of the molecule is S=C(NCC1(c2ccc(Cl)cc2)CCCCC1)Nc1nc(N2CCOCC2)cc(N2CCN(c3ccccc3)CC2)n1. The average molecular weight is 606 g/mol. The highest BCUT2D eigenvalue weighted by Crippen LogP contribution is 2.39. The number of piperazine rings is 1. The Morgan fingerprint density at radius 3 is 2.10 bits per heavy atom. The van der Waals surface area contributed by atoms with Crippen LogP contribution >= 0.6 is 23.8 Å². The molecule has 2 aliphatic heterocycles. The number of aromatic nitrogens is 2. The van der Waals surface area contributed by atoms with Crippen molar-refractivity contribution in [3.63, 3.8) is 0 Å². The first-order valence-electron chi connectivity index (χ1n) is 15.2. The van der Waals surface area contributed by atoms with Crippen LogP contribution < -0.4 is 25.3 Å². The van der Waals surface area contributed by atoms with Crippen LogP contribution in [0.2, 0.25) is 5.02 Å². The second kappa shape index (κ2) is 13.4. The van der Waals surface area contributed by atoms with E-state index in [-0.39, 0.29) is 5.41 Å². The average Bonchev–Trinajstić information content (AvgIpc) is 3.05. The molecule has 0 atom stereocenters. The second-order valence-corrected chi connectivity index (χ2v) is 12.3. The lowest BCUT2D eigenvalue weighted by molar-refractivity contribution is 0.122. The van der Waals surface area contributed by atoms with Gasteiger partial charge in [-0.25, -0.2) is 0 Å². The highest BCUT2D eigenvalue weighted by atomic mass is 35.5. The largest absolute Gasteiger partial charge is 0.378 e. The molecule has 222 valence electrons. The molecule has 1 aromatic heterocycles. The van der Waals surface area contributed by atoms with E-state index in [0.29, 0.717) is 24.3 Å². The predicted molar refractivity (Wildman–Crippen MR) is 176 cm³/mol. The van der Waals surface area contributed by atoms with Gasteiger partial charge >= 0.3 is 0 Å². The molecule has 1 aliphatic carbocycles. The number of thiocarbonyl (C=S) groups is 1. The number of halogens is 1. The number of para-hydroxylation sites is 1. The number of anilines is 4. The zero-order valence-electron chi connectivity index (χ0n) is 24.1. The normalized spacial score (nSPS) is 18.9. The lowest BCUT2D eigenvalue weighted by Crippen LogP contribution is -2.47. The standard InChI is InChI=1S/C32H40ClN7OS/c33-26-11-9-25(10-12-26)32(13-5-2-6-14-32)24-34-31(42)37-30-35-28(23-29(36-30)40-19-21-41-22-20-40)39-17-15-38(16-18-39)27-7-3-1-4-8-27/h1,3-4,7-12,23H,2,5-6,13-22,24H2,(H2,34,35,36,37,42). The summed E-state index contributed by atoms with van der Waals surface area (Å²) in [6.07, 6.45) is 5.98. The van der Waals surface area contributed by atoms with E-state index in [0.717, 1.165) is 75.3 Å². The van der Waals surface area contributed by atoms with Gasteiger partial charge in [-0.15, -0.1) is 0 Å². The van der Waals surface area contributed by atoms with Crippen molar-refractivity contribution in [1.29, 1.82) is 0 Å². The summed E-state index contributed by atoms with van der Waals surface area (Å²) in [7, 11) is 0. The van der Waals surface area contributed by atoms with Crippen LogP contribution in [-0.2, 0) is 10.2 Å². The summed E-state index contributed by atoms with van der Waals surface area (Å²) in [6, 6.07) is 21.1. The van der Waals surface area contributed by atoms with Crippen molar-refractivity contribution in [1.82, 2.24) is 15.3 Å². The Morgan fingerprint density at radius 1 is 0.810 bits per heavy atom. The molecule has 42 heavy (non-hydrogen) atoms. The second-order valence-electron chi connectivity index (χ2n) is 11.5. The number of hydrogen-bond acceptors (Lipinski definition) is 7. The van der Waals surface area contributed by atoms with Gasteiger partial charge in [0.2, 0.25) is 5.95 Å². The van der Waals surface area contributed by atoms with Crippen molar-refractivity contribution in [3.8, 4) is 0 Å². The molecule has 2 saturated heterocycles. The molecule has 3 aromatic rings. The number of morpholine rings is 1. The van der Waals surface area contributed by atoms with Gasteiger partial charge < -0.3 is 30.1 Å². The summed E-state index contributed by atoms with van der Waals surface area (Å²) in [5.41, 5.74) is 2.63. The molecule has 6 rings (SSSR count). The predicted octanol–water partition coefficient (Wildman–Crippen LogP) is 5.48. The van der Waals surface area contributed by atoms with Gasteiger partial charge in [0.1, 0.15) is 11.6 Å². The first-order valence-corrected chi connectivity index (χ1v) is 15.9. The third kappa shape index (κ3) is 6.90. The Morgan fingerprint density at radius 2 is 1.43 bits per heavy atom. The summed E-state index contributed by atoms with van der Waals surface area (Å²) in [6.45, 7) is 7.44. The van der Waals surface area contributed by atoms with Crippen LogP contribution in [0.4, 0.5) is 23.3 Å². The van der Waals surface area contributed by atoms with Crippen LogP contribution in [0.25, 0.3) is 0 Å². The first-order chi connectivity index (χ1) is 20.6. The minimum atomic E-state index is 0.0364. The summed E-state index contributed by atoms with van der Waals surface area (Å²) in [4.78, 5) is 16.9. The molecular weight excluding hydrogens is 566 g/mol. The fourth-order valence-corrected chi connectivity index (χ4v) is 6.71. The summed E-state index contributed by atoms with van der Waals surface area (Å²) in [5.74, 6) is 2.36. The third-order valence-electron chi connectivity index (χ3n) is 8.84. The van der Waals surface area contributed by atoms with E-state index >= 15 is 0 Å². The molecule has 0 unspecified atom stereocenters. The number of rotatable bonds is 7. The molecule has 1 saturated carbocycles. The van der Waals surface area contributed by atoms with E-state index in [2.05, 4.69) is 73.9 Å². The summed E-state index contributed by atoms with van der Waals surface area (Å²) in [5, 5.41) is 8.18. The van der Waals surface area contributed by atoms with E-state index in [1.807, 2.05) is 12.1 Å². The molecule has 10 heteroatoms. The van der Waals surface area contributed by atoms with Crippen LogP contribution in [-0.4, -0.2) is 74.1 Å². The fraction of sp³-hybridized carbons (Fsp3) is 0.469. The molecule has 2 N–H and O–H groups in total. The molecule has 0 radical (unpaired) electrons. The molecule has 8 nitrogen and oxygen atoms in total. The van der Waals surface area contributed by atoms with E-state index in [1.165, 1.54) is 30.5 Å². The Hall–Kier alpha value is -3.14. The van der Waals surface area contributed by atoms with Gasteiger partial charge in [0.15, 0.2) is 5.11 Å². The fourth-order valence-electron chi connectivity index (χ4n) is 6.42. The zero-order chi connectivity index (χ0) is 28.8. The highest BCUT2D eigenvalue weighted by Gasteiger charge is 2.34. The maximum absolute atomic E-state index is 6.21. The molecule has 3 fully saturated rings. The van der Waals surface area contributed by atoms with E-state index in [9.17, 15) is 0 Å². The number of nitrogens with one attached hydrogen (secondary N) is 2. The molecule has 0 bridgehead atoms. The maximum atomic E-state index is 6.21. The third-order valence-corrected chi connectivity index (χ3v) is 9.34. The van der Waals surface area contributed by atoms with Gasteiger partial charge in [0, 0.05) is 68.0 Å². The van der Waals surface area contributed by atoms with Crippen molar-refractivity contribution < 1.29 is 4.74 Å². The monoisotopic (exact) mass is 605 g/mol. The Balaban J connectivity index is 1.16. The lowest BCUT2D eigenvalue weighted by Gasteiger charge is -2.38. The van der Waals surface area contributed by atoms with Crippen molar-refractivity contribution >= 4 is 52.2 Å². The van der Waals surface area contributed by atoms with Crippen LogP contribution in [0.15, 0.2) is 60.7 Å². The van der Waals surface area contributed by atoms with Crippen molar-refractivity contribution in [2.45, 2.75) is 37.5 Å². The molecule has 3 aliphatic rings. The molecule has 0 amide bonds. The number of nitrogens with zero attached hydrogens (tertiary/aromatic N) is 5. The smallest absolute Gasteiger partial charge is 0.232 e. The Bertz CT molecular complexity index is 1320. The van der Waals surface area contributed by atoms with Crippen LogP contribution in [0.1, 0.15) is 37.7 Å². The molecule has 3 heterocycles. The van der Waals surface area contributed by atoms with Gasteiger partial charge in [-0.1, -0.05) is 61.2 Å². The quantitative estimate of drug-likeness (QED) is 0.341. The van der Waals surface area contributed by atoms with E-state index < -0.39 is 0 Å². The minimum absolute atomic E-state index is 0.0364. The summed E-state index contributed by atoms with van der Waals surface area (Å²) >= 11 is 12.0. The molecular formula is C32H40ClN7OS. The van der Waals surface area contributed by atoms with Crippen LogP contribution in [0.5, 0.6) is 0 Å². The molecule has 2 aromatic carbocycles. The first kappa shape index (κ1) is 29.0. The van der Waals surface area contributed by atoms with Crippen molar-refractivity contribution in [2.24, 2.45) is 0 Å². The van der Waals surface area contributed by atoms with Gasteiger partial charge in [-0.3, -0.25) is 0 Å². The summed E-state index contributed by atoms with van der Waals surface area (Å²) < 4.78 is 5.60. The van der Waals surface area contributed by atoms with Gasteiger partial charge in [-0.05, 0) is 54.9 Å². The Labute approximate surface area is 259 Å². The van der Waals surface area contributed by atoms with E-state index in [1.54, 1.807) is 0 Å². The van der Waals surface area contributed by atoms with Crippen molar-refractivity contribution in [2.75, 3.05) is 79.0 Å². The van der Waals surface area contributed by atoms with Gasteiger partial charge in [0.25, 0.3) is 0 Å². The zero-order valence-corrected chi connectivity index (χ0v) is 25.7. The topological polar surface area (TPSA) is 68.8 Å². The number of hydrogen-bond donors (Lipinski definition) is 2. The van der Waals surface area contributed by atoms with Gasteiger partial charge in [-0.2, -0.15) is 9.97 Å². The van der Waals surface area contributed by atoms with Gasteiger partial charge in [0.05, 0.1) is 13.2 Å². The van der Waals surface area contributed by atoms with E-state index in [4.69, 9.17) is 38.5 Å². The Kier molecular flexibility index (Phi) is 9.27. The number of ether oxygens (including phenoxy) is 1. The van der Waals surface area contributed by atoms with Crippen LogP contribution in [0.3, 0.4) is 0 Å². The van der Waals surface area contributed by atoms with Crippen molar-refractivity contribution in [3.05, 3.63) is 71.2 Å².